The number of benzene rings is 2. The molecule has 1 fully saturated rings. The lowest BCUT2D eigenvalue weighted by molar-refractivity contribution is -0.127. The van der Waals surface area contributed by atoms with E-state index >= 15 is 0 Å². The van der Waals surface area contributed by atoms with E-state index in [0.29, 0.717) is 17.2 Å². The Bertz CT molecular complexity index is 954. The van der Waals surface area contributed by atoms with E-state index in [9.17, 15) is 14.4 Å². The zero-order valence-corrected chi connectivity index (χ0v) is 17.1. The molecule has 1 saturated heterocycles. The largest absolute Gasteiger partial charge is 0.494 e. The summed E-state index contributed by atoms with van der Waals surface area (Å²) in [6.45, 7) is 4.23. The lowest BCUT2D eigenvalue weighted by Gasteiger charge is -2.13. The third-order valence-electron chi connectivity index (χ3n) is 4.25. The Balaban J connectivity index is 1.65. The highest BCUT2D eigenvalue weighted by atomic mass is 32.2. The molecule has 0 unspecified atom stereocenters. The van der Waals surface area contributed by atoms with E-state index in [1.807, 2.05) is 56.3 Å². The van der Waals surface area contributed by atoms with Crippen molar-refractivity contribution in [3.63, 3.8) is 0 Å². The van der Waals surface area contributed by atoms with Crippen LogP contribution in [0.4, 0.5) is 10.5 Å². The van der Waals surface area contributed by atoms with Crippen molar-refractivity contribution in [2.75, 3.05) is 18.5 Å². The molecule has 0 saturated carbocycles. The number of amides is 3. The van der Waals surface area contributed by atoms with Crippen molar-refractivity contribution >= 4 is 40.6 Å². The number of hydrogen-bond acceptors (Lipinski definition) is 5. The SMILES string of the molecule is CCCOc1ccc(/C=C2\SC(=O)N(CC(=O)Nc3ccccc3C)C2=O)cc1. The van der Waals surface area contributed by atoms with Crippen LogP contribution in [0.3, 0.4) is 0 Å². The number of nitrogens with zero attached hydrogens (tertiary/aromatic N) is 1. The fraction of sp³-hybridized carbons (Fsp3) is 0.227. The van der Waals surface area contributed by atoms with Gasteiger partial charge in [-0.05, 0) is 60.5 Å². The van der Waals surface area contributed by atoms with E-state index in [1.54, 1.807) is 12.1 Å². The van der Waals surface area contributed by atoms with Crippen molar-refractivity contribution in [1.82, 2.24) is 4.90 Å². The van der Waals surface area contributed by atoms with Gasteiger partial charge in [-0.1, -0.05) is 37.3 Å². The minimum absolute atomic E-state index is 0.293. The first-order chi connectivity index (χ1) is 14.0. The maximum Gasteiger partial charge on any atom is 0.294 e. The molecular formula is C22H22N2O4S. The van der Waals surface area contributed by atoms with Crippen LogP contribution in [0.2, 0.25) is 0 Å². The van der Waals surface area contributed by atoms with Crippen LogP contribution in [0, 0.1) is 6.92 Å². The second-order valence-corrected chi connectivity index (χ2v) is 7.54. The summed E-state index contributed by atoms with van der Waals surface area (Å²) in [6.07, 6.45) is 2.57. The number of rotatable bonds is 7. The third kappa shape index (κ3) is 5.26. The molecule has 7 heteroatoms. The van der Waals surface area contributed by atoms with Crippen LogP contribution in [0.25, 0.3) is 6.08 Å². The van der Waals surface area contributed by atoms with E-state index in [-0.39, 0.29) is 6.54 Å². The average Bonchev–Trinajstić information content (AvgIpc) is 2.96. The summed E-state index contributed by atoms with van der Waals surface area (Å²) < 4.78 is 5.54. The number of anilines is 1. The molecule has 0 aliphatic carbocycles. The van der Waals surface area contributed by atoms with E-state index in [2.05, 4.69) is 5.32 Å². The van der Waals surface area contributed by atoms with Gasteiger partial charge in [-0.3, -0.25) is 19.3 Å². The number of nitrogens with one attached hydrogen (secondary N) is 1. The van der Waals surface area contributed by atoms with Crippen molar-refractivity contribution in [3.05, 3.63) is 64.6 Å². The van der Waals surface area contributed by atoms with Gasteiger partial charge in [0, 0.05) is 5.69 Å². The molecule has 0 radical (unpaired) electrons. The highest BCUT2D eigenvalue weighted by Crippen LogP contribution is 2.32. The molecule has 3 amide bonds. The van der Waals surface area contributed by atoms with Crippen LogP contribution in [0.15, 0.2) is 53.4 Å². The molecule has 1 aliphatic heterocycles. The number of thioether (sulfide) groups is 1. The molecule has 29 heavy (non-hydrogen) atoms. The predicted octanol–water partition coefficient (Wildman–Crippen LogP) is 4.46. The minimum atomic E-state index is -0.466. The van der Waals surface area contributed by atoms with Crippen molar-refractivity contribution in [3.8, 4) is 5.75 Å². The highest BCUT2D eigenvalue weighted by Gasteiger charge is 2.36. The van der Waals surface area contributed by atoms with Crippen molar-refractivity contribution in [2.45, 2.75) is 20.3 Å². The van der Waals surface area contributed by atoms with Crippen LogP contribution in [0.5, 0.6) is 5.75 Å². The Morgan fingerprint density at radius 2 is 1.86 bits per heavy atom. The van der Waals surface area contributed by atoms with Gasteiger partial charge >= 0.3 is 0 Å². The van der Waals surface area contributed by atoms with Gasteiger partial charge in [0.1, 0.15) is 12.3 Å². The molecule has 0 atom stereocenters. The summed E-state index contributed by atoms with van der Waals surface area (Å²) in [5.74, 6) is -0.128. The van der Waals surface area contributed by atoms with E-state index in [4.69, 9.17) is 4.74 Å². The van der Waals surface area contributed by atoms with Crippen LogP contribution >= 0.6 is 11.8 Å². The molecule has 1 aliphatic rings. The number of ether oxygens (including phenoxy) is 1. The molecule has 1 heterocycles. The number of carbonyl (C=O) groups is 3. The van der Waals surface area contributed by atoms with Gasteiger partial charge in [0.05, 0.1) is 11.5 Å². The third-order valence-corrected chi connectivity index (χ3v) is 5.15. The molecule has 0 aromatic heterocycles. The Kier molecular flexibility index (Phi) is 6.72. The summed E-state index contributed by atoms with van der Waals surface area (Å²) in [6, 6.07) is 14.6. The number of para-hydroxylation sites is 1. The summed E-state index contributed by atoms with van der Waals surface area (Å²) >= 11 is 0.833. The molecule has 150 valence electrons. The topological polar surface area (TPSA) is 75.7 Å². The number of aryl methyl sites for hydroxylation is 1. The predicted molar refractivity (Wildman–Crippen MR) is 115 cm³/mol. The van der Waals surface area contributed by atoms with Gasteiger partial charge in [0.25, 0.3) is 11.1 Å². The van der Waals surface area contributed by atoms with Crippen molar-refractivity contribution < 1.29 is 19.1 Å². The van der Waals surface area contributed by atoms with Gasteiger partial charge < -0.3 is 10.1 Å². The lowest BCUT2D eigenvalue weighted by atomic mass is 10.2. The molecule has 0 bridgehead atoms. The molecule has 2 aromatic rings. The number of imide groups is 1. The van der Waals surface area contributed by atoms with Crippen molar-refractivity contribution in [1.29, 1.82) is 0 Å². The maximum absolute atomic E-state index is 12.6. The van der Waals surface area contributed by atoms with Gasteiger partial charge in [0.15, 0.2) is 0 Å². The van der Waals surface area contributed by atoms with Gasteiger partial charge in [-0.25, -0.2) is 0 Å². The van der Waals surface area contributed by atoms with Crippen LogP contribution in [-0.4, -0.2) is 35.1 Å². The van der Waals surface area contributed by atoms with E-state index in [0.717, 1.165) is 40.0 Å². The molecule has 3 rings (SSSR count). The second-order valence-electron chi connectivity index (χ2n) is 6.55. The minimum Gasteiger partial charge on any atom is -0.494 e. The fourth-order valence-electron chi connectivity index (χ4n) is 2.71. The van der Waals surface area contributed by atoms with Gasteiger partial charge in [-0.2, -0.15) is 0 Å². The maximum atomic E-state index is 12.6. The zero-order valence-electron chi connectivity index (χ0n) is 16.3. The average molecular weight is 410 g/mol. The van der Waals surface area contributed by atoms with Gasteiger partial charge in [0.2, 0.25) is 5.91 Å². The van der Waals surface area contributed by atoms with E-state index in [1.165, 1.54) is 0 Å². The zero-order chi connectivity index (χ0) is 20.8. The van der Waals surface area contributed by atoms with E-state index < -0.39 is 17.1 Å². The van der Waals surface area contributed by atoms with Gasteiger partial charge in [-0.15, -0.1) is 0 Å². The van der Waals surface area contributed by atoms with Crippen molar-refractivity contribution in [2.24, 2.45) is 0 Å². The first kappa shape index (κ1) is 20.7. The normalized spacial score (nSPS) is 15.1. The molecule has 6 nitrogen and oxygen atoms in total. The number of hydrogen-bond donors (Lipinski definition) is 1. The second kappa shape index (κ2) is 9.43. The Morgan fingerprint density at radius 3 is 2.55 bits per heavy atom. The summed E-state index contributed by atoms with van der Waals surface area (Å²) in [7, 11) is 0. The quantitative estimate of drug-likeness (QED) is 0.682. The first-order valence-corrected chi connectivity index (χ1v) is 10.1. The Morgan fingerprint density at radius 1 is 1.14 bits per heavy atom. The summed E-state index contributed by atoms with van der Waals surface area (Å²) in [5.41, 5.74) is 2.34. The van der Waals surface area contributed by atoms with Crippen LogP contribution in [0.1, 0.15) is 24.5 Å². The standard InChI is InChI=1S/C22H22N2O4S/c1-3-12-28-17-10-8-16(9-11-17)13-19-21(26)24(22(27)29-19)14-20(25)23-18-7-5-4-6-15(18)2/h4-11,13H,3,12,14H2,1-2H3,(H,23,25)/b19-13-. The summed E-state index contributed by atoms with van der Waals surface area (Å²) in [5, 5.41) is 2.28. The smallest absolute Gasteiger partial charge is 0.294 e. The molecule has 1 N–H and O–H groups in total. The fourth-order valence-corrected chi connectivity index (χ4v) is 3.55. The Hall–Kier alpha value is -3.06. The first-order valence-electron chi connectivity index (χ1n) is 9.31. The highest BCUT2D eigenvalue weighted by molar-refractivity contribution is 8.18. The molecule has 2 aromatic carbocycles. The monoisotopic (exact) mass is 410 g/mol. The lowest BCUT2D eigenvalue weighted by Crippen LogP contribution is -2.36. The number of carbonyl (C=O) groups excluding carboxylic acids is 3. The summed E-state index contributed by atoms with van der Waals surface area (Å²) in [4.78, 5) is 38.4. The van der Waals surface area contributed by atoms with Crippen LogP contribution < -0.4 is 10.1 Å². The van der Waals surface area contributed by atoms with Crippen LogP contribution in [-0.2, 0) is 9.59 Å². The molecule has 0 spiro atoms. The Labute approximate surface area is 173 Å². The molecular weight excluding hydrogens is 388 g/mol.